The van der Waals surface area contributed by atoms with Crippen LogP contribution in [0.15, 0.2) is 54.7 Å². The minimum Gasteiger partial charge on any atom is -0.496 e. The van der Waals surface area contributed by atoms with Crippen molar-refractivity contribution in [3.63, 3.8) is 0 Å². The van der Waals surface area contributed by atoms with E-state index in [4.69, 9.17) is 9.47 Å². The highest BCUT2D eigenvalue weighted by Gasteiger charge is 2.25. The van der Waals surface area contributed by atoms with E-state index in [0.717, 1.165) is 28.4 Å². The second-order valence-electron chi connectivity index (χ2n) is 6.99. The lowest BCUT2D eigenvalue weighted by Crippen LogP contribution is -2.30. The summed E-state index contributed by atoms with van der Waals surface area (Å²) < 4.78 is 11.2. The van der Waals surface area contributed by atoms with Gasteiger partial charge < -0.3 is 19.7 Å². The number of methoxy groups -OCH3 is 1. The van der Waals surface area contributed by atoms with E-state index in [9.17, 15) is 4.79 Å². The van der Waals surface area contributed by atoms with Crippen molar-refractivity contribution in [1.29, 1.82) is 0 Å². The first kappa shape index (κ1) is 18.8. The van der Waals surface area contributed by atoms with Gasteiger partial charge in [0.1, 0.15) is 18.2 Å². The number of fused-ring (bicyclic) bond motifs is 1. The average Bonchev–Trinajstić information content (AvgIpc) is 2.74. The molecule has 1 aliphatic heterocycles. The molecule has 4 rings (SSSR count). The number of nitrogens with one attached hydrogen (secondary N) is 1. The zero-order valence-electron chi connectivity index (χ0n) is 16.7. The molecular formula is C23H23N3O3. The number of para-hydroxylation sites is 1. The van der Waals surface area contributed by atoms with Crippen LogP contribution >= 0.6 is 0 Å². The normalized spacial score (nSPS) is 12.7. The predicted octanol–water partition coefficient (Wildman–Crippen LogP) is 4.49. The number of carbonyl (C=O) groups is 1. The molecule has 6 nitrogen and oxygen atoms in total. The van der Waals surface area contributed by atoms with Gasteiger partial charge in [-0.25, -0.2) is 4.98 Å². The van der Waals surface area contributed by atoms with Crippen LogP contribution in [-0.2, 0) is 0 Å². The number of benzene rings is 2. The summed E-state index contributed by atoms with van der Waals surface area (Å²) in [6.07, 6.45) is 1.84. The monoisotopic (exact) mass is 389 g/mol. The maximum atomic E-state index is 13.0. The number of hydrogen-bond donors (Lipinski definition) is 1. The van der Waals surface area contributed by atoms with E-state index in [1.54, 1.807) is 13.2 Å². The van der Waals surface area contributed by atoms with E-state index in [1.165, 1.54) is 0 Å². The number of aryl methyl sites for hydroxylation is 2. The number of pyridine rings is 1. The van der Waals surface area contributed by atoms with Crippen LogP contribution < -0.4 is 19.7 Å². The lowest BCUT2D eigenvalue weighted by molar-refractivity contribution is 0.102. The first-order valence-corrected chi connectivity index (χ1v) is 9.49. The molecule has 0 unspecified atom stereocenters. The summed E-state index contributed by atoms with van der Waals surface area (Å²) in [4.78, 5) is 19.6. The van der Waals surface area contributed by atoms with Crippen molar-refractivity contribution in [2.75, 3.05) is 30.5 Å². The highest BCUT2D eigenvalue weighted by Crippen LogP contribution is 2.38. The van der Waals surface area contributed by atoms with Crippen LogP contribution in [0.4, 0.5) is 17.2 Å². The number of anilines is 3. The molecule has 1 N–H and O–H groups in total. The average molecular weight is 389 g/mol. The molecule has 2 aromatic carbocycles. The molecule has 1 amide bonds. The molecule has 0 saturated heterocycles. The van der Waals surface area contributed by atoms with Crippen LogP contribution in [0.5, 0.6) is 11.5 Å². The van der Waals surface area contributed by atoms with Gasteiger partial charge in [-0.05, 0) is 49.2 Å². The largest absolute Gasteiger partial charge is 0.496 e. The van der Waals surface area contributed by atoms with E-state index < -0.39 is 0 Å². The maximum Gasteiger partial charge on any atom is 0.259 e. The van der Waals surface area contributed by atoms with Gasteiger partial charge in [-0.1, -0.05) is 18.2 Å². The summed E-state index contributed by atoms with van der Waals surface area (Å²) in [5.74, 6) is 1.90. The van der Waals surface area contributed by atoms with E-state index in [2.05, 4.69) is 15.2 Å². The molecule has 148 valence electrons. The fourth-order valence-electron chi connectivity index (χ4n) is 3.38. The highest BCUT2D eigenvalue weighted by molar-refractivity contribution is 6.07. The lowest BCUT2D eigenvalue weighted by atomic mass is 10.1. The molecule has 0 bridgehead atoms. The molecule has 2 heterocycles. The van der Waals surface area contributed by atoms with E-state index in [0.29, 0.717) is 30.2 Å². The van der Waals surface area contributed by atoms with Gasteiger partial charge in [0.15, 0.2) is 5.75 Å². The van der Waals surface area contributed by atoms with Crippen LogP contribution in [-0.4, -0.2) is 31.2 Å². The van der Waals surface area contributed by atoms with Crippen LogP contribution in [0.1, 0.15) is 21.5 Å². The summed E-state index contributed by atoms with van der Waals surface area (Å²) in [7, 11) is 1.61. The van der Waals surface area contributed by atoms with Crippen molar-refractivity contribution in [2.24, 2.45) is 0 Å². The van der Waals surface area contributed by atoms with Crippen LogP contribution in [0.3, 0.4) is 0 Å². The Kier molecular flexibility index (Phi) is 5.08. The first-order chi connectivity index (χ1) is 14.1. The number of ether oxygens (including phenoxy) is 2. The predicted molar refractivity (Wildman–Crippen MR) is 114 cm³/mol. The number of nitrogens with zero attached hydrogens (tertiary/aromatic N) is 2. The van der Waals surface area contributed by atoms with Crippen molar-refractivity contribution >= 4 is 23.1 Å². The van der Waals surface area contributed by atoms with Crippen molar-refractivity contribution in [3.8, 4) is 11.5 Å². The standard InChI is InChI=1S/C23H23N3O3/c1-15-7-10-21(24-14-15)26-11-12-29-22-18(5-4-6-19(22)26)23(27)25-17-9-8-16(2)20(13-17)28-3/h4-10,13-14H,11-12H2,1-3H3,(H,25,27). The Morgan fingerprint density at radius 3 is 2.79 bits per heavy atom. The summed E-state index contributed by atoms with van der Waals surface area (Å²) in [6, 6.07) is 15.2. The second kappa shape index (κ2) is 7.83. The van der Waals surface area contributed by atoms with E-state index >= 15 is 0 Å². The lowest BCUT2D eigenvalue weighted by Gasteiger charge is -2.31. The fraction of sp³-hybridized carbons (Fsp3) is 0.217. The third-order valence-corrected chi connectivity index (χ3v) is 4.93. The van der Waals surface area contributed by atoms with Gasteiger partial charge in [-0.3, -0.25) is 4.79 Å². The zero-order chi connectivity index (χ0) is 20.4. The molecule has 3 aromatic rings. The van der Waals surface area contributed by atoms with Crippen molar-refractivity contribution in [2.45, 2.75) is 13.8 Å². The minimum atomic E-state index is -0.230. The van der Waals surface area contributed by atoms with E-state index in [-0.39, 0.29) is 5.91 Å². The van der Waals surface area contributed by atoms with Gasteiger partial charge >= 0.3 is 0 Å². The van der Waals surface area contributed by atoms with Gasteiger partial charge in [0, 0.05) is 18.0 Å². The molecule has 0 fully saturated rings. The fourth-order valence-corrected chi connectivity index (χ4v) is 3.38. The van der Waals surface area contributed by atoms with Crippen LogP contribution in [0, 0.1) is 13.8 Å². The Morgan fingerprint density at radius 1 is 1.17 bits per heavy atom. The Labute approximate surface area is 170 Å². The van der Waals surface area contributed by atoms with E-state index in [1.807, 2.05) is 62.5 Å². The van der Waals surface area contributed by atoms with Crippen LogP contribution in [0.25, 0.3) is 0 Å². The third-order valence-electron chi connectivity index (χ3n) is 4.93. The number of amides is 1. The van der Waals surface area contributed by atoms with Crippen molar-refractivity contribution < 1.29 is 14.3 Å². The molecule has 0 aliphatic carbocycles. The van der Waals surface area contributed by atoms with Gasteiger partial charge in [0.05, 0.1) is 24.9 Å². The first-order valence-electron chi connectivity index (χ1n) is 9.49. The quantitative estimate of drug-likeness (QED) is 0.712. The number of aromatic nitrogens is 1. The summed E-state index contributed by atoms with van der Waals surface area (Å²) in [5.41, 5.74) is 4.10. The Bertz CT molecular complexity index is 1050. The molecule has 29 heavy (non-hydrogen) atoms. The third kappa shape index (κ3) is 3.74. The van der Waals surface area contributed by atoms with Gasteiger partial charge in [0.2, 0.25) is 0 Å². The van der Waals surface area contributed by atoms with Gasteiger partial charge in [-0.2, -0.15) is 0 Å². The molecule has 0 radical (unpaired) electrons. The number of hydrogen-bond acceptors (Lipinski definition) is 5. The number of rotatable bonds is 4. The minimum absolute atomic E-state index is 0.230. The summed E-state index contributed by atoms with van der Waals surface area (Å²) in [6.45, 7) is 5.11. The molecule has 0 saturated carbocycles. The summed E-state index contributed by atoms with van der Waals surface area (Å²) in [5, 5.41) is 2.94. The van der Waals surface area contributed by atoms with Crippen molar-refractivity contribution in [1.82, 2.24) is 4.98 Å². The molecule has 1 aliphatic rings. The van der Waals surface area contributed by atoms with Crippen molar-refractivity contribution in [3.05, 3.63) is 71.4 Å². The zero-order valence-corrected chi connectivity index (χ0v) is 16.7. The Hall–Kier alpha value is -3.54. The SMILES string of the molecule is COc1cc(NC(=O)c2cccc3c2OCCN3c2ccc(C)cn2)ccc1C. The molecule has 0 spiro atoms. The maximum absolute atomic E-state index is 13.0. The molecule has 0 atom stereocenters. The van der Waals surface area contributed by atoms with Gasteiger partial charge in [0.25, 0.3) is 5.91 Å². The molecule has 6 heteroatoms. The smallest absolute Gasteiger partial charge is 0.259 e. The van der Waals surface area contributed by atoms with Gasteiger partial charge in [-0.15, -0.1) is 0 Å². The highest BCUT2D eigenvalue weighted by atomic mass is 16.5. The Balaban J connectivity index is 1.65. The second-order valence-corrected chi connectivity index (χ2v) is 6.99. The Morgan fingerprint density at radius 2 is 2.03 bits per heavy atom. The van der Waals surface area contributed by atoms with Crippen LogP contribution in [0.2, 0.25) is 0 Å². The molecular weight excluding hydrogens is 366 g/mol. The summed E-state index contributed by atoms with van der Waals surface area (Å²) >= 11 is 0. The molecule has 1 aromatic heterocycles. The number of carbonyl (C=O) groups excluding carboxylic acids is 1. The topological polar surface area (TPSA) is 63.7 Å².